The Hall–Kier alpha value is -2.20. The molecule has 0 atom stereocenters. The van der Waals surface area contributed by atoms with Gasteiger partial charge in [-0.1, -0.05) is 0 Å². The quantitative estimate of drug-likeness (QED) is 0.369. The van der Waals surface area contributed by atoms with E-state index in [-0.39, 0.29) is 25.8 Å². The molecule has 3 aromatic rings. The monoisotopic (exact) mass is 448 g/mol. The third kappa shape index (κ3) is 3.95. The molecule has 2 heteroatoms. The molecular weight excluding hydrogens is 419 g/mol. The van der Waals surface area contributed by atoms with Crippen LogP contribution in [-0.4, -0.2) is 15.0 Å². The number of fused-ring (bicyclic) bond motifs is 2. The Morgan fingerprint density at radius 3 is 2.41 bits per heavy atom. The fourth-order valence-electron chi connectivity index (χ4n) is 4.44. The van der Waals surface area contributed by atoms with Crippen LogP contribution in [0, 0.1) is 11.2 Å². The van der Waals surface area contributed by atoms with Gasteiger partial charge in [-0.15, -0.1) is 0 Å². The molecule has 148 valence electrons. The van der Waals surface area contributed by atoms with Gasteiger partial charge in [0.05, 0.1) is 0 Å². The molecule has 4 rings (SSSR count). The predicted molar refractivity (Wildman–Crippen MR) is 124 cm³/mol. The summed E-state index contributed by atoms with van der Waals surface area (Å²) in [7, 11) is 0. The van der Waals surface area contributed by atoms with E-state index in [0.29, 0.717) is 6.61 Å². The van der Waals surface area contributed by atoms with Gasteiger partial charge in [0.15, 0.2) is 0 Å². The predicted octanol–water partition coefficient (Wildman–Crippen LogP) is 5.69. The van der Waals surface area contributed by atoms with Gasteiger partial charge in [-0.3, -0.25) is 0 Å². The molecule has 1 aliphatic carbocycles. The fourth-order valence-corrected chi connectivity index (χ4v) is 5.44. The maximum atomic E-state index is 6.50. The number of hydrogen-bond acceptors (Lipinski definition) is 1. The van der Waals surface area contributed by atoms with E-state index < -0.39 is 0 Å². The van der Waals surface area contributed by atoms with Crippen LogP contribution in [0.3, 0.4) is 0 Å². The second kappa shape index (κ2) is 7.56. The zero-order valence-corrected chi connectivity index (χ0v) is 19.4. The van der Waals surface area contributed by atoms with Crippen molar-refractivity contribution < 1.29 is 4.74 Å². The van der Waals surface area contributed by atoms with Gasteiger partial charge in [0, 0.05) is 0 Å². The van der Waals surface area contributed by atoms with E-state index in [1.165, 1.54) is 44.8 Å². The molecule has 0 saturated carbocycles. The van der Waals surface area contributed by atoms with E-state index in [1.54, 1.807) is 0 Å². The van der Waals surface area contributed by atoms with Crippen molar-refractivity contribution in [2.75, 3.05) is 0 Å². The van der Waals surface area contributed by atoms with Gasteiger partial charge in [0.1, 0.15) is 0 Å². The van der Waals surface area contributed by atoms with E-state index in [1.807, 2.05) is 0 Å². The van der Waals surface area contributed by atoms with Crippen LogP contribution in [-0.2, 0) is 17.4 Å². The molecule has 0 spiro atoms. The van der Waals surface area contributed by atoms with Crippen LogP contribution < -0.4 is 9.20 Å². The van der Waals surface area contributed by atoms with E-state index in [0.717, 1.165) is 5.75 Å². The van der Waals surface area contributed by atoms with Gasteiger partial charge < -0.3 is 0 Å². The van der Waals surface area contributed by atoms with Gasteiger partial charge in [-0.25, -0.2) is 0 Å². The van der Waals surface area contributed by atoms with E-state index in [4.69, 9.17) is 11.2 Å². The topological polar surface area (TPSA) is 9.23 Å². The Labute approximate surface area is 181 Å². The van der Waals surface area contributed by atoms with E-state index >= 15 is 0 Å². The second-order valence-electron chi connectivity index (χ2n) is 9.30. The third-order valence-electron chi connectivity index (χ3n) is 6.24. The second-order valence-corrected chi connectivity index (χ2v) is 11.2. The molecule has 0 radical (unpaired) electrons. The van der Waals surface area contributed by atoms with Crippen LogP contribution in [0.25, 0.3) is 10.8 Å². The molecule has 0 N–H and O–H groups in total. The fraction of sp³-hybridized carbons (Fsp3) is 0.333. The van der Waals surface area contributed by atoms with Crippen molar-refractivity contribution >= 4 is 30.2 Å². The van der Waals surface area contributed by atoms with Gasteiger partial charge in [0.2, 0.25) is 0 Å². The maximum absolute atomic E-state index is 6.50. The van der Waals surface area contributed by atoms with Gasteiger partial charge >= 0.3 is 181 Å². The van der Waals surface area contributed by atoms with Gasteiger partial charge in [-0.2, -0.15) is 0 Å². The minimum atomic E-state index is 0.0355. The molecular formula is C27H28OSe. The van der Waals surface area contributed by atoms with E-state index in [2.05, 4.69) is 87.1 Å². The van der Waals surface area contributed by atoms with Gasteiger partial charge in [-0.05, 0) is 0 Å². The zero-order chi connectivity index (χ0) is 20.6. The summed E-state index contributed by atoms with van der Waals surface area (Å²) in [5, 5.41) is 2.51. The van der Waals surface area contributed by atoms with Crippen LogP contribution in [0.5, 0.6) is 5.75 Å². The standard InChI is InChI=1S/C27H28OSe/c1-6-29-22-16-23-25(27(4,5)14-13-26(23,2)3)24(17-22)28-18-19-11-12-20-9-7-8-10-21(20)15-19/h1,7-12,15-17H,13-14,18H2,2-5H3. The van der Waals surface area contributed by atoms with Crippen molar-refractivity contribution in [3.63, 3.8) is 0 Å². The average Bonchev–Trinajstić information content (AvgIpc) is 2.70. The zero-order valence-electron chi connectivity index (χ0n) is 17.7. The number of rotatable bonds is 4. The number of hydrogen-bond donors (Lipinski definition) is 0. The molecule has 0 saturated heterocycles. The molecule has 0 unspecified atom stereocenters. The van der Waals surface area contributed by atoms with Crippen molar-refractivity contribution in [3.8, 4) is 17.0 Å². The summed E-state index contributed by atoms with van der Waals surface area (Å²) in [6.07, 6.45) is 8.01. The minimum absolute atomic E-state index is 0.0355. The molecule has 1 nitrogen and oxygen atoms in total. The van der Waals surface area contributed by atoms with Crippen molar-refractivity contribution in [1.29, 1.82) is 0 Å². The van der Waals surface area contributed by atoms with Crippen molar-refractivity contribution in [3.05, 3.63) is 71.3 Å². The van der Waals surface area contributed by atoms with Crippen LogP contribution in [0.15, 0.2) is 54.6 Å². The Morgan fingerprint density at radius 2 is 1.66 bits per heavy atom. The molecule has 29 heavy (non-hydrogen) atoms. The SMILES string of the molecule is C#C[Se]c1cc(OCc2ccc3ccccc3c2)c2c(c1)C(C)(C)CCC2(C)C. The Balaban J connectivity index is 1.73. The first kappa shape index (κ1) is 20.1. The Bertz CT molecular complexity index is 1100. The molecule has 3 aromatic carbocycles. The first-order valence-electron chi connectivity index (χ1n) is 10.2. The number of benzene rings is 3. The average molecular weight is 447 g/mol. The van der Waals surface area contributed by atoms with Crippen molar-refractivity contribution in [2.45, 2.75) is 58.0 Å². The number of terminal acetylenes is 1. The third-order valence-corrected chi connectivity index (χ3v) is 7.48. The first-order chi connectivity index (χ1) is 13.8. The summed E-state index contributed by atoms with van der Waals surface area (Å²) in [6, 6.07) is 19.6. The van der Waals surface area contributed by atoms with Crippen molar-refractivity contribution in [2.24, 2.45) is 0 Å². The summed E-state index contributed by atoms with van der Waals surface area (Å²) in [5.41, 5.74) is 4.22. The van der Waals surface area contributed by atoms with Crippen LogP contribution in [0.2, 0.25) is 0 Å². The molecule has 0 fully saturated rings. The van der Waals surface area contributed by atoms with Crippen molar-refractivity contribution in [1.82, 2.24) is 0 Å². The first-order valence-corrected chi connectivity index (χ1v) is 11.9. The molecule has 0 bridgehead atoms. The van der Waals surface area contributed by atoms with Crippen LogP contribution in [0.4, 0.5) is 0 Å². The summed E-state index contributed by atoms with van der Waals surface area (Å²) < 4.78 is 7.73. The molecule has 1 aliphatic rings. The van der Waals surface area contributed by atoms with Crippen LogP contribution >= 0.6 is 0 Å². The molecule has 0 amide bonds. The molecule has 0 heterocycles. The molecule has 0 aromatic heterocycles. The number of ether oxygens (including phenoxy) is 1. The summed E-state index contributed by atoms with van der Waals surface area (Å²) >= 11 is 0.0355. The van der Waals surface area contributed by atoms with Gasteiger partial charge in [0.25, 0.3) is 0 Å². The normalized spacial score (nSPS) is 16.8. The Kier molecular flexibility index (Phi) is 5.24. The Morgan fingerprint density at radius 1 is 0.931 bits per heavy atom. The van der Waals surface area contributed by atoms with E-state index in [9.17, 15) is 0 Å². The molecule has 0 aliphatic heterocycles. The van der Waals surface area contributed by atoms with Crippen LogP contribution in [0.1, 0.15) is 57.2 Å². The summed E-state index contributed by atoms with van der Waals surface area (Å²) in [6.45, 7) is 9.95. The summed E-state index contributed by atoms with van der Waals surface area (Å²) in [4.78, 5) is 2.87. The summed E-state index contributed by atoms with van der Waals surface area (Å²) in [5.74, 6) is 1.01.